The molecule has 0 amide bonds. The number of anilines is 6. The molecule has 0 bridgehead atoms. The van der Waals surface area contributed by atoms with E-state index in [0.29, 0.717) is 0 Å². The van der Waals surface area contributed by atoms with E-state index < -0.39 is 5.41 Å². The zero-order valence-electron chi connectivity index (χ0n) is 79.8. The first-order valence-electron chi connectivity index (χ1n) is 46.3. The summed E-state index contributed by atoms with van der Waals surface area (Å²) in [5, 5.41) is 5.01. The molecule has 126 heavy (non-hydrogen) atoms. The fourth-order valence-electron chi connectivity index (χ4n) is 21.4. The van der Waals surface area contributed by atoms with Crippen LogP contribution in [0.25, 0.3) is 99.5 Å². The summed E-state index contributed by atoms with van der Waals surface area (Å²) in [6.45, 7) is 64.1. The van der Waals surface area contributed by atoms with Gasteiger partial charge in [0.15, 0.2) is 0 Å². The highest BCUT2D eigenvalue weighted by Crippen LogP contribution is 2.64. The first-order valence-corrected chi connectivity index (χ1v) is 46.3. The highest BCUT2D eigenvalue weighted by molar-refractivity contribution is 7.00. The Bertz CT molecular complexity index is 7090. The summed E-state index contributed by atoms with van der Waals surface area (Å²) in [5.74, 6) is 0. The maximum Gasteiger partial charge on any atom is 0.252 e. The Balaban J connectivity index is 0.938. The van der Waals surface area contributed by atoms with Crippen molar-refractivity contribution in [3.05, 3.63) is 339 Å². The summed E-state index contributed by atoms with van der Waals surface area (Å²) in [4.78, 5) is 5.54. The van der Waals surface area contributed by atoms with Crippen LogP contribution >= 0.6 is 0 Å². The van der Waals surface area contributed by atoms with Crippen molar-refractivity contribution in [1.29, 1.82) is 0 Å². The summed E-state index contributed by atoms with van der Waals surface area (Å²) in [6, 6.07) is 108. The van der Waals surface area contributed by atoms with Crippen LogP contribution in [-0.4, -0.2) is 15.8 Å². The van der Waals surface area contributed by atoms with Crippen molar-refractivity contribution in [2.75, 3.05) is 9.80 Å². The molecular formula is C121H125BN4. The Morgan fingerprint density at radius 3 is 0.929 bits per heavy atom. The topological polar surface area (TPSA) is 16.3 Å². The molecule has 0 radical (unpaired) electrons. The number of hydrogen-bond acceptors (Lipinski definition) is 2. The van der Waals surface area contributed by atoms with Gasteiger partial charge >= 0.3 is 0 Å². The van der Waals surface area contributed by atoms with Gasteiger partial charge < -0.3 is 18.9 Å². The monoisotopic (exact) mass is 1640 g/mol. The number of nitrogens with zero attached hydrogens (tertiary/aromatic N) is 4. The smallest absolute Gasteiger partial charge is 0.252 e. The van der Waals surface area contributed by atoms with Gasteiger partial charge in [0.1, 0.15) is 0 Å². The molecule has 4 nitrogen and oxygen atoms in total. The lowest BCUT2D eigenvalue weighted by Crippen LogP contribution is -2.61. The van der Waals surface area contributed by atoms with Gasteiger partial charge in [-0.1, -0.05) is 351 Å². The lowest BCUT2D eigenvalue weighted by molar-refractivity contribution is 0.568. The molecular weight excluding hydrogens is 1520 g/mol. The fourth-order valence-corrected chi connectivity index (χ4v) is 21.4. The second-order valence-corrected chi connectivity index (χ2v) is 46.8. The molecule has 0 saturated carbocycles. The van der Waals surface area contributed by atoms with Crippen molar-refractivity contribution < 1.29 is 0 Å². The molecule has 14 aromatic carbocycles. The molecule has 632 valence electrons. The molecule has 2 aromatic heterocycles. The van der Waals surface area contributed by atoms with Crippen LogP contribution in [0.4, 0.5) is 34.1 Å². The Morgan fingerprint density at radius 2 is 0.532 bits per heavy atom. The molecule has 4 aliphatic rings. The van der Waals surface area contributed by atoms with Crippen molar-refractivity contribution in [1.82, 2.24) is 9.13 Å². The van der Waals surface area contributed by atoms with E-state index >= 15 is 0 Å². The standard InChI is InChI=1S/C121H125BN4/c1-112(2,3)74-44-52-102(89(62-74)72-56-78(116(13,14)15)60-79(57-72)117(16,17)18)125-107-68-83(123-104-54-46-76(114(7,8)9)64-92(104)93-65-77(115(10,11)12)47-55-105(93)123)48-50-99(107)122-100-51-49-84(124-101-43-35-31-39-88(101)94-70-91-87-38-30-34-42-97(87)121(98(91)71-106(94)124)95-40-32-28-36-85(95)86-37-29-33-41-96(86)121)69-108(100)126(110-67-82(120(25,26)27)66-109(125)111(110)122)103-53-45-75(113(4,5)6)63-90(103)73-58-80(118(19,20)21)61-81(59-73)119(22,23)24/h28-71H,1-27H3. The third-order valence-corrected chi connectivity index (χ3v) is 28.9. The van der Waals surface area contributed by atoms with Gasteiger partial charge in [-0.3, -0.25) is 0 Å². The Morgan fingerprint density at radius 1 is 0.206 bits per heavy atom. The molecule has 0 unspecified atom stereocenters. The molecule has 5 heteroatoms. The van der Waals surface area contributed by atoms with Gasteiger partial charge in [0.05, 0.1) is 38.9 Å². The zero-order chi connectivity index (χ0) is 89.1. The normalized spacial score (nSPS) is 14.5. The van der Waals surface area contributed by atoms with Crippen LogP contribution < -0.4 is 26.2 Å². The minimum absolute atomic E-state index is 0.0670. The Labute approximate surface area is 750 Å². The maximum absolute atomic E-state index is 2.77. The number of fused-ring (bicyclic) bond motifs is 20. The molecule has 0 saturated heterocycles. The highest BCUT2D eigenvalue weighted by atomic mass is 15.2. The van der Waals surface area contributed by atoms with Crippen molar-refractivity contribution in [2.45, 2.75) is 241 Å². The quantitative estimate of drug-likeness (QED) is 0.154. The molecule has 1 spiro atoms. The average Bonchev–Trinajstić information content (AvgIpc) is 1.40. The van der Waals surface area contributed by atoms with E-state index in [-0.39, 0.29) is 55.4 Å². The number of para-hydroxylation sites is 1. The van der Waals surface area contributed by atoms with Crippen LogP contribution in [0.2, 0.25) is 0 Å². The molecule has 4 heterocycles. The Kier molecular flexibility index (Phi) is 18.1. The maximum atomic E-state index is 2.77. The predicted molar refractivity (Wildman–Crippen MR) is 545 cm³/mol. The van der Waals surface area contributed by atoms with E-state index in [0.717, 1.165) is 34.1 Å². The van der Waals surface area contributed by atoms with Gasteiger partial charge in [0.2, 0.25) is 0 Å². The minimum Gasteiger partial charge on any atom is -0.311 e. The highest BCUT2D eigenvalue weighted by Gasteiger charge is 2.53. The molecule has 20 rings (SSSR count). The summed E-state index contributed by atoms with van der Waals surface area (Å²) in [5.41, 5.74) is 43.0. The van der Waals surface area contributed by atoms with Gasteiger partial charge in [0.25, 0.3) is 6.71 Å². The summed E-state index contributed by atoms with van der Waals surface area (Å²) in [7, 11) is 0. The van der Waals surface area contributed by atoms with E-state index in [1.54, 1.807) is 0 Å². The van der Waals surface area contributed by atoms with E-state index in [9.17, 15) is 0 Å². The predicted octanol–water partition coefficient (Wildman–Crippen LogP) is 31.3. The number of benzene rings is 14. The molecule has 2 aliphatic carbocycles. The minimum atomic E-state index is -0.545. The van der Waals surface area contributed by atoms with Crippen molar-refractivity contribution in [3.63, 3.8) is 0 Å². The SMILES string of the molecule is CC(C)(C)c1cc(-c2cc(C(C)(C)C)ccc2N2c3cc(-n4c5ccc(C(C)(C)C)cc5c5cc(C(C)(C)C)ccc54)ccc3B3c4ccc(-n5c6ccccc6c6cc7c(cc65)C5(c6ccccc6-c6ccccc65)c5ccccc5-7)cc4N(c4ccc(C(C)(C)C)cc4-c4cc(C(C)(C)C)cc(C(C)(C)C)c4)c4cc(C(C)(C)C)cc2c43)cc(C(C)(C)C)c1. The van der Waals surface area contributed by atoms with E-state index in [2.05, 4.69) is 473 Å². The largest absolute Gasteiger partial charge is 0.311 e. The van der Waals surface area contributed by atoms with Crippen molar-refractivity contribution in [2.24, 2.45) is 0 Å². The lowest BCUT2D eigenvalue weighted by atomic mass is 9.33. The second kappa shape index (κ2) is 27.7. The molecule has 0 fully saturated rings. The third-order valence-electron chi connectivity index (χ3n) is 28.9. The van der Waals surface area contributed by atoms with E-state index in [1.165, 1.54) is 188 Å². The number of aromatic nitrogens is 2. The van der Waals surface area contributed by atoms with Crippen molar-refractivity contribution in [3.8, 4) is 55.9 Å². The van der Waals surface area contributed by atoms with E-state index in [1.807, 2.05) is 0 Å². The molecule has 2 aliphatic heterocycles. The number of hydrogen-bond donors (Lipinski definition) is 0. The zero-order valence-corrected chi connectivity index (χ0v) is 79.8. The van der Waals surface area contributed by atoms with Gasteiger partial charge in [-0.15, -0.1) is 0 Å². The first kappa shape index (κ1) is 82.6. The Hall–Kier alpha value is -11.7. The fraction of sp³-hybridized carbons (Fsp3) is 0.306. The van der Waals surface area contributed by atoms with Crippen LogP contribution in [0.15, 0.2) is 267 Å². The first-order chi connectivity index (χ1) is 59.1. The molecule has 16 aromatic rings. The lowest BCUT2D eigenvalue weighted by Gasteiger charge is -2.46. The summed E-state index contributed by atoms with van der Waals surface area (Å²) in [6.07, 6.45) is 0. The number of rotatable bonds is 6. The van der Waals surface area contributed by atoms with Crippen LogP contribution in [0.5, 0.6) is 0 Å². The average molecular weight is 1650 g/mol. The summed E-state index contributed by atoms with van der Waals surface area (Å²) < 4.78 is 5.23. The van der Waals surface area contributed by atoms with Crippen LogP contribution in [0.1, 0.15) is 259 Å². The van der Waals surface area contributed by atoms with E-state index in [4.69, 9.17) is 0 Å². The van der Waals surface area contributed by atoms with Crippen molar-refractivity contribution >= 4 is 101 Å². The van der Waals surface area contributed by atoms with Crippen LogP contribution in [-0.2, 0) is 54.1 Å². The van der Waals surface area contributed by atoms with Gasteiger partial charge in [-0.2, -0.15) is 0 Å². The summed E-state index contributed by atoms with van der Waals surface area (Å²) >= 11 is 0. The third kappa shape index (κ3) is 12.9. The molecule has 0 atom stereocenters. The van der Waals surface area contributed by atoms with Gasteiger partial charge in [-0.05, 0) is 274 Å². The van der Waals surface area contributed by atoms with Gasteiger partial charge in [0, 0.05) is 66.8 Å². The van der Waals surface area contributed by atoms with Gasteiger partial charge in [-0.25, -0.2) is 0 Å². The second-order valence-electron chi connectivity index (χ2n) is 46.8. The molecule has 0 N–H and O–H groups in total. The van der Waals surface area contributed by atoms with Crippen LogP contribution in [0.3, 0.4) is 0 Å². The van der Waals surface area contributed by atoms with Crippen LogP contribution in [0, 0.1) is 0 Å².